The van der Waals surface area contributed by atoms with Crippen LogP contribution >= 0.6 is 11.8 Å². The molecule has 146 valence electrons. The van der Waals surface area contributed by atoms with Crippen LogP contribution in [0.4, 0.5) is 0 Å². The summed E-state index contributed by atoms with van der Waals surface area (Å²) in [6, 6.07) is 13.2. The summed E-state index contributed by atoms with van der Waals surface area (Å²) in [5.74, 6) is 0.240. The minimum absolute atomic E-state index is 0.307. The molecule has 1 atom stereocenters. The summed E-state index contributed by atoms with van der Waals surface area (Å²) in [7, 11) is 1.59. The zero-order valence-corrected chi connectivity index (χ0v) is 16.6. The van der Waals surface area contributed by atoms with Gasteiger partial charge in [-0.1, -0.05) is 24.3 Å². The first-order chi connectivity index (χ1) is 13.6. The van der Waals surface area contributed by atoms with Gasteiger partial charge in [0, 0.05) is 6.54 Å². The van der Waals surface area contributed by atoms with E-state index >= 15 is 0 Å². The average molecular weight is 398 g/mol. The van der Waals surface area contributed by atoms with Crippen molar-refractivity contribution < 1.29 is 19.1 Å². The Balaban J connectivity index is 1.75. The summed E-state index contributed by atoms with van der Waals surface area (Å²) in [5.41, 5.74) is 1.61. The molecule has 0 unspecified atom stereocenters. The topological polar surface area (TPSA) is 75.7 Å². The van der Waals surface area contributed by atoms with E-state index in [9.17, 15) is 14.4 Å². The Bertz CT molecular complexity index is 847. The lowest BCUT2D eigenvalue weighted by molar-refractivity contribution is -0.125. The third kappa shape index (κ3) is 4.04. The van der Waals surface area contributed by atoms with Gasteiger partial charge in [0.1, 0.15) is 11.8 Å². The maximum Gasteiger partial charge on any atom is 0.262 e. The van der Waals surface area contributed by atoms with Crippen LogP contribution < -0.4 is 10.1 Å². The molecule has 3 rings (SSSR count). The maximum absolute atomic E-state index is 12.9. The first-order valence-corrected chi connectivity index (χ1v) is 10.3. The Morgan fingerprint density at radius 3 is 2.21 bits per heavy atom. The third-order valence-electron chi connectivity index (χ3n) is 4.66. The number of carbonyl (C=O) groups excluding carboxylic acids is 3. The molecule has 3 amide bonds. The normalized spacial score (nSPS) is 14.0. The Morgan fingerprint density at radius 1 is 1.07 bits per heavy atom. The highest BCUT2D eigenvalue weighted by atomic mass is 32.2. The van der Waals surface area contributed by atoms with E-state index in [-0.39, 0.29) is 5.91 Å². The first-order valence-electron chi connectivity index (χ1n) is 8.93. The van der Waals surface area contributed by atoms with Crippen LogP contribution in [0.5, 0.6) is 5.75 Å². The van der Waals surface area contributed by atoms with E-state index in [1.807, 2.05) is 30.5 Å². The van der Waals surface area contributed by atoms with Gasteiger partial charge < -0.3 is 10.1 Å². The molecule has 0 saturated heterocycles. The van der Waals surface area contributed by atoms with Gasteiger partial charge in [-0.25, -0.2) is 0 Å². The number of benzene rings is 2. The number of methoxy groups -OCH3 is 1. The molecule has 0 saturated carbocycles. The Morgan fingerprint density at radius 2 is 1.68 bits per heavy atom. The molecule has 7 heteroatoms. The van der Waals surface area contributed by atoms with E-state index in [4.69, 9.17) is 4.74 Å². The molecule has 1 aliphatic heterocycles. The number of nitrogens with zero attached hydrogens (tertiary/aromatic N) is 1. The number of fused-ring (bicyclic) bond motifs is 1. The van der Waals surface area contributed by atoms with Crippen LogP contribution in [0.15, 0.2) is 48.5 Å². The molecule has 0 radical (unpaired) electrons. The van der Waals surface area contributed by atoms with Gasteiger partial charge in [-0.2, -0.15) is 11.8 Å². The number of ether oxygens (including phenoxy) is 1. The number of amides is 3. The summed E-state index contributed by atoms with van der Waals surface area (Å²) >= 11 is 1.57. The van der Waals surface area contributed by atoms with E-state index in [0.717, 1.165) is 16.2 Å². The summed E-state index contributed by atoms with van der Waals surface area (Å²) in [6.45, 7) is 0.307. The van der Waals surface area contributed by atoms with Crippen molar-refractivity contribution in [1.82, 2.24) is 10.2 Å². The molecule has 0 bridgehead atoms. The number of thioether (sulfide) groups is 1. The largest absolute Gasteiger partial charge is 0.497 e. The SMILES string of the molecule is COc1ccc(CNC(=O)[C@@H](CCSC)N2C(=O)c3ccccc3C2=O)cc1. The Labute approximate surface area is 168 Å². The van der Waals surface area contributed by atoms with Gasteiger partial charge in [0.2, 0.25) is 5.91 Å². The molecule has 0 fully saturated rings. The first kappa shape index (κ1) is 19.9. The van der Waals surface area contributed by atoms with Crippen molar-refractivity contribution in [2.75, 3.05) is 19.1 Å². The highest BCUT2D eigenvalue weighted by molar-refractivity contribution is 7.98. The molecule has 28 heavy (non-hydrogen) atoms. The molecule has 0 aromatic heterocycles. The summed E-state index contributed by atoms with van der Waals surface area (Å²) in [5, 5.41) is 2.86. The summed E-state index contributed by atoms with van der Waals surface area (Å²) in [4.78, 5) is 39.5. The van der Waals surface area contributed by atoms with E-state index in [1.54, 1.807) is 43.1 Å². The number of carbonyl (C=O) groups is 3. The molecule has 1 N–H and O–H groups in total. The lowest BCUT2D eigenvalue weighted by atomic mass is 10.1. The molecule has 1 aliphatic rings. The molecule has 1 heterocycles. The van der Waals surface area contributed by atoms with Gasteiger partial charge in [0.05, 0.1) is 18.2 Å². The fraction of sp³-hybridized carbons (Fsp3) is 0.286. The second kappa shape index (κ2) is 8.93. The lowest BCUT2D eigenvalue weighted by Crippen LogP contribution is -2.49. The van der Waals surface area contributed by atoms with Gasteiger partial charge in [0.15, 0.2) is 0 Å². The van der Waals surface area contributed by atoms with Crippen molar-refractivity contribution in [2.24, 2.45) is 0 Å². The second-order valence-electron chi connectivity index (χ2n) is 6.39. The minimum Gasteiger partial charge on any atom is -0.497 e. The van der Waals surface area contributed by atoms with Gasteiger partial charge in [-0.15, -0.1) is 0 Å². The van der Waals surface area contributed by atoms with Crippen LogP contribution in [0.25, 0.3) is 0 Å². The van der Waals surface area contributed by atoms with Crippen LogP contribution in [0.3, 0.4) is 0 Å². The summed E-state index contributed by atoms with van der Waals surface area (Å²) in [6.07, 6.45) is 2.33. The Hall–Kier alpha value is -2.80. The van der Waals surface area contributed by atoms with Crippen molar-refractivity contribution in [3.63, 3.8) is 0 Å². The van der Waals surface area contributed by atoms with Crippen LogP contribution in [-0.4, -0.2) is 47.8 Å². The van der Waals surface area contributed by atoms with Crippen LogP contribution in [0, 0.1) is 0 Å². The van der Waals surface area contributed by atoms with Gasteiger partial charge in [-0.3, -0.25) is 19.3 Å². The fourth-order valence-electron chi connectivity index (χ4n) is 3.15. The summed E-state index contributed by atoms with van der Waals surface area (Å²) < 4.78 is 5.13. The highest BCUT2D eigenvalue weighted by Crippen LogP contribution is 2.26. The van der Waals surface area contributed by atoms with Crippen LogP contribution in [-0.2, 0) is 11.3 Å². The van der Waals surface area contributed by atoms with E-state index in [2.05, 4.69) is 5.32 Å². The molecule has 6 nitrogen and oxygen atoms in total. The van der Waals surface area contributed by atoms with Gasteiger partial charge >= 0.3 is 0 Å². The molecule has 0 aliphatic carbocycles. The van der Waals surface area contributed by atoms with Crippen molar-refractivity contribution >= 4 is 29.5 Å². The van der Waals surface area contributed by atoms with Crippen molar-refractivity contribution in [3.05, 3.63) is 65.2 Å². The number of hydrogen-bond donors (Lipinski definition) is 1. The predicted octanol–water partition coefficient (Wildman–Crippen LogP) is 2.73. The molecule has 2 aromatic rings. The van der Waals surface area contributed by atoms with Crippen molar-refractivity contribution in [1.29, 1.82) is 0 Å². The lowest BCUT2D eigenvalue weighted by Gasteiger charge is -2.25. The average Bonchev–Trinajstić information content (AvgIpc) is 2.98. The van der Waals surface area contributed by atoms with Crippen molar-refractivity contribution in [2.45, 2.75) is 19.0 Å². The maximum atomic E-state index is 12.9. The number of hydrogen-bond acceptors (Lipinski definition) is 5. The van der Waals surface area contributed by atoms with Crippen LogP contribution in [0.1, 0.15) is 32.7 Å². The molecule has 0 spiro atoms. The molecular formula is C21H22N2O4S. The fourth-order valence-corrected chi connectivity index (χ4v) is 3.61. The van der Waals surface area contributed by atoms with E-state index < -0.39 is 17.9 Å². The minimum atomic E-state index is -0.835. The second-order valence-corrected chi connectivity index (χ2v) is 7.37. The quantitative estimate of drug-likeness (QED) is 0.692. The predicted molar refractivity (Wildman–Crippen MR) is 109 cm³/mol. The van der Waals surface area contributed by atoms with Gasteiger partial charge in [0.25, 0.3) is 11.8 Å². The highest BCUT2D eigenvalue weighted by Gasteiger charge is 2.42. The standard InChI is InChI=1S/C21H22N2O4S/c1-27-15-9-7-14(8-10-15)13-22-19(24)18(11-12-28-2)23-20(25)16-5-3-4-6-17(16)21(23)26/h3-10,18H,11-13H2,1-2H3,(H,22,24)/t18-/m1/s1. The van der Waals surface area contributed by atoms with Crippen LogP contribution in [0.2, 0.25) is 0 Å². The molecular weight excluding hydrogens is 376 g/mol. The van der Waals surface area contributed by atoms with Crippen molar-refractivity contribution in [3.8, 4) is 5.75 Å². The van der Waals surface area contributed by atoms with E-state index in [0.29, 0.717) is 29.8 Å². The molecule has 2 aromatic carbocycles. The number of nitrogens with one attached hydrogen (secondary N) is 1. The smallest absolute Gasteiger partial charge is 0.262 e. The zero-order valence-electron chi connectivity index (χ0n) is 15.8. The number of rotatable bonds is 8. The third-order valence-corrected chi connectivity index (χ3v) is 5.30. The van der Waals surface area contributed by atoms with Gasteiger partial charge in [-0.05, 0) is 48.3 Å². The monoisotopic (exact) mass is 398 g/mol. The Kier molecular flexibility index (Phi) is 6.36. The zero-order chi connectivity index (χ0) is 20.1. The van der Waals surface area contributed by atoms with E-state index in [1.165, 1.54) is 0 Å². The number of imide groups is 1.